The lowest BCUT2D eigenvalue weighted by Gasteiger charge is -2.31. The van der Waals surface area contributed by atoms with Crippen molar-refractivity contribution in [2.45, 2.75) is 18.8 Å². The quantitative estimate of drug-likeness (QED) is 0.891. The zero-order valence-electron chi connectivity index (χ0n) is 10.6. The maximum Gasteiger partial charge on any atom is 0.272 e. The molecule has 2 aromatic rings. The van der Waals surface area contributed by atoms with Crippen LogP contribution in [-0.2, 0) is 0 Å². The summed E-state index contributed by atoms with van der Waals surface area (Å²) in [6.45, 7) is 1.51. The van der Waals surface area contributed by atoms with Gasteiger partial charge >= 0.3 is 0 Å². The average Bonchev–Trinajstić information content (AvgIpc) is 3.02. The molecule has 1 fully saturated rings. The predicted octanol–water partition coefficient (Wildman–Crippen LogP) is 1.82. The number of H-pyrrole nitrogens is 1. The second-order valence-corrected chi connectivity index (χ2v) is 4.78. The molecule has 0 bridgehead atoms. The predicted molar refractivity (Wildman–Crippen MR) is 70.7 cm³/mol. The summed E-state index contributed by atoms with van der Waals surface area (Å²) in [5.74, 6) is 1.28. The van der Waals surface area contributed by atoms with Crippen LogP contribution in [0.5, 0.6) is 0 Å². The molecule has 98 valence electrons. The van der Waals surface area contributed by atoms with Gasteiger partial charge in [0, 0.05) is 37.6 Å². The molecule has 0 saturated carbocycles. The van der Waals surface area contributed by atoms with Gasteiger partial charge in [0.15, 0.2) is 0 Å². The monoisotopic (exact) mass is 256 g/mol. The number of likely N-dealkylation sites (tertiary alicyclic amines) is 1. The van der Waals surface area contributed by atoms with Crippen molar-refractivity contribution >= 4 is 5.91 Å². The molecule has 1 atom stereocenters. The number of pyridine rings is 1. The molecule has 0 aliphatic carbocycles. The van der Waals surface area contributed by atoms with Crippen LogP contribution in [0.3, 0.4) is 0 Å². The fourth-order valence-corrected chi connectivity index (χ4v) is 2.54. The molecule has 1 amide bonds. The second-order valence-electron chi connectivity index (χ2n) is 4.78. The number of nitrogens with one attached hydrogen (secondary N) is 1. The maximum atomic E-state index is 12.3. The number of aromatic amines is 1. The highest BCUT2D eigenvalue weighted by atomic mass is 16.2. The number of piperidine rings is 1. The Bertz CT molecular complexity index is 538. The van der Waals surface area contributed by atoms with E-state index in [0.717, 1.165) is 25.2 Å². The molecule has 0 radical (unpaired) electrons. The lowest BCUT2D eigenvalue weighted by molar-refractivity contribution is 0.0699. The molecule has 5 heteroatoms. The SMILES string of the molecule is O=C(c1ccccn1)N1CCCC(c2ncc[nH]2)C1. The van der Waals surface area contributed by atoms with Crippen LogP contribution in [0.15, 0.2) is 36.8 Å². The van der Waals surface area contributed by atoms with Gasteiger partial charge in [0.2, 0.25) is 0 Å². The Kier molecular flexibility index (Phi) is 3.27. The average molecular weight is 256 g/mol. The first-order valence-corrected chi connectivity index (χ1v) is 6.54. The Labute approximate surface area is 111 Å². The van der Waals surface area contributed by atoms with Crippen LogP contribution in [0.1, 0.15) is 35.1 Å². The number of carbonyl (C=O) groups is 1. The van der Waals surface area contributed by atoms with Crippen LogP contribution in [0.2, 0.25) is 0 Å². The number of carbonyl (C=O) groups excluding carboxylic acids is 1. The number of aromatic nitrogens is 3. The number of hydrogen-bond donors (Lipinski definition) is 1. The van der Waals surface area contributed by atoms with Gasteiger partial charge in [0.25, 0.3) is 5.91 Å². The van der Waals surface area contributed by atoms with Crippen molar-refractivity contribution in [3.63, 3.8) is 0 Å². The summed E-state index contributed by atoms with van der Waals surface area (Å²) in [6.07, 6.45) is 7.31. The molecule has 1 aliphatic rings. The lowest BCUT2D eigenvalue weighted by Crippen LogP contribution is -2.39. The van der Waals surface area contributed by atoms with Gasteiger partial charge in [-0.05, 0) is 25.0 Å². The van der Waals surface area contributed by atoms with Gasteiger partial charge in [0.1, 0.15) is 11.5 Å². The molecule has 3 rings (SSSR count). The Hall–Kier alpha value is -2.17. The van der Waals surface area contributed by atoms with Crippen LogP contribution >= 0.6 is 0 Å². The van der Waals surface area contributed by atoms with E-state index in [1.54, 1.807) is 18.5 Å². The van der Waals surface area contributed by atoms with E-state index in [4.69, 9.17) is 0 Å². The van der Waals surface area contributed by atoms with Crippen molar-refractivity contribution in [2.24, 2.45) is 0 Å². The van der Waals surface area contributed by atoms with Crippen LogP contribution in [-0.4, -0.2) is 38.8 Å². The Morgan fingerprint density at radius 3 is 3.00 bits per heavy atom. The standard InChI is InChI=1S/C14H16N4O/c19-14(12-5-1-2-6-15-12)18-9-3-4-11(10-18)13-16-7-8-17-13/h1-2,5-8,11H,3-4,9-10H2,(H,16,17). The summed E-state index contributed by atoms with van der Waals surface area (Å²) in [5.41, 5.74) is 0.516. The van der Waals surface area contributed by atoms with Gasteiger partial charge in [-0.25, -0.2) is 4.98 Å². The zero-order valence-corrected chi connectivity index (χ0v) is 10.6. The molecule has 2 aromatic heterocycles. The van der Waals surface area contributed by atoms with Crippen molar-refractivity contribution in [1.82, 2.24) is 19.9 Å². The first-order valence-electron chi connectivity index (χ1n) is 6.54. The van der Waals surface area contributed by atoms with E-state index < -0.39 is 0 Å². The minimum absolute atomic E-state index is 0.0110. The van der Waals surface area contributed by atoms with Crippen LogP contribution in [0.4, 0.5) is 0 Å². The van der Waals surface area contributed by atoms with Crippen molar-refractivity contribution in [3.8, 4) is 0 Å². The Balaban J connectivity index is 1.73. The van der Waals surface area contributed by atoms with E-state index in [1.165, 1.54) is 0 Å². The number of amides is 1. The molecule has 5 nitrogen and oxygen atoms in total. The molecule has 1 aliphatic heterocycles. The molecule has 1 N–H and O–H groups in total. The summed E-state index contributed by atoms with van der Waals surface area (Å²) in [6, 6.07) is 5.42. The first kappa shape index (κ1) is 11.9. The van der Waals surface area contributed by atoms with Gasteiger partial charge in [0.05, 0.1) is 0 Å². The fourth-order valence-electron chi connectivity index (χ4n) is 2.54. The maximum absolute atomic E-state index is 12.3. The smallest absolute Gasteiger partial charge is 0.272 e. The molecule has 1 saturated heterocycles. The number of nitrogens with zero attached hydrogens (tertiary/aromatic N) is 3. The van der Waals surface area contributed by atoms with E-state index >= 15 is 0 Å². The fraction of sp³-hybridized carbons (Fsp3) is 0.357. The Morgan fingerprint density at radius 2 is 2.26 bits per heavy atom. The normalized spacial score (nSPS) is 19.4. The van der Waals surface area contributed by atoms with Gasteiger partial charge in [-0.15, -0.1) is 0 Å². The van der Waals surface area contributed by atoms with Gasteiger partial charge < -0.3 is 9.88 Å². The number of rotatable bonds is 2. The van der Waals surface area contributed by atoms with Crippen molar-refractivity contribution < 1.29 is 4.79 Å². The molecule has 0 aromatic carbocycles. The van der Waals surface area contributed by atoms with Crippen molar-refractivity contribution in [2.75, 3.05) is 13.1 Å². The first-order chi connectivity index (χ1) is 9.34. The topological polar surface area (TPSA) is 61.9 Å². The molecular formula is C14H16N4O. The summed E-state index contributed by atoms with van der Waals surface area (Å²) < 4.78 is 0. The third-order valence-corrected chi connectivity index (χ3v) is 3.50. The Morgan fingerprint density at radius 1 is 1.32 bits per heavy atom. The van der Waals surface area contributed by atoms with Crippen LogP contribution in [0, 0.1) is 0 Å². The largest absolute Gasteiger partial charge is 0.348 e. The molecule has 0 spiro atoms. The highest BCUT2D eigenvalue weighted by molar-refractivity contribution is 5.92. The molecular weight excluding hydrogens is 240 g/mol. The highest BCUT2D eigenvalue weighted by Crippen LogP contribution is 2.24. The molecule has 19 heavy (non-hydrogen) atoms. The van der Waals surface area contributed by atoms with Crippen molar-refractivity contribution in [1.29, 1.82) is 0 Å². The molecule has 3 heterocycles. The third kappa shape index (κ3) is 2.50. The summed E-state index contributed by atoms with van der Waals surface area (Å²) in [5, 5.41) is 0. The molecule has 1 unspecified atom stereocenters. The van der Waals surface area contributed by atoms with Crippen LogP contribution in [0.25, 0.3) is 0 Å². The minimum Gasteiger partial charge on any atom is -0.348 e. The van der Waals surface area contributed by atoms with Gasteiger partial charge in [-0.1, -0.05) is 6.07 Å². The van der Waals surface area contributed by atoms with E-state index in [9.17, 15) is 4.79 Å². The van der Waals surface area contributed by atoms with Crippen LogP contribution < -0.4 is 0 Å². The summed E-state index contributed by atoms with van der Waals surface area (Å²) >= 11 is 0. The minimum atomic E-state index is 0.0110. The lowest BCUT2D eigenvalue weighted by atomic mass is 9.97. The van der Waals surface area contributed by atoms with E-state index in [1.807, 2.05) is 23.2 Å². The van der Waals surface area contributed by atoms with E-state index in [-0.39, 0.29) is 5.91 Å². The zero-order chi connectivity index (χ0) is 13.1. The summed E-state index contributed by atoms with van der Waals surface area (Å²) in [4.78, 5) is 25.8. The summed E-state index contributed by atoms with van der Waals surface area (Å²) in [7, 11) is 0. The van der Waals surface area contributed by atoms with E-state index in [0.29, 0.717) is 18.2 Å². The van der Waals surface area contributed by atoms with Gasteiger partial charge in [-0.2, -0.15) is 0 Å². The second kappa shape index (κ2) is 5.22. The van der Waals surface area contributed by atoms with E-state index in [2.05, 4.69) is 15.0 Å². The highest BCUT2D eigenvalue weighted by Gasteiger charge is 2.27. The number of hydrogen-bond acceptors (Lipinski definition) is 3. The van der Waals surface area contributed by atoms with Crippen molar-refractivity contribution in [3.05, 3.63) is 48.3 Å². The third-order valence-electron chi connectivity index (χ3n) is 3.50. The van der Waals surface area contributed by atoms with Gasteiger partial charge in [-0.3, -0.25) is 9.78 Å². The number of imidazole rings is 1.